The van der Waals surface area contributed by atoms with Crippen LogP contribution in [0, 0.1) is 18.8 Å². The Morgan fingerprint density at radius 1 is 0.714 bits per heavy atom. The van der Waals surface area contributed by atoms with Gasteiger partial charge in [-0.15, -0.1) is 0 Å². The Balaban J connectivity index is 2.63. The van der Waals surface area contributed by atoms with Gasteiger partial charge in [-0.3, -0.25) is 9.59 Å². The van der Waals surface area contributed by atoms with Crippen molar-refractivity contribution < 1.29 is 28.5 Å². The van der Waals surface area contributed by atoms with Gasteiger partial charge in [-0.05, 0) is 37.1 Å². The summed E-state index contributed by atoms with van der Waals surface area (Å²) in [6.07, 6.45) is 0. The molecule has 0 amide bonds. The smallest absolute Gasteiger partial charge is 0.181 e. The first-order valence-electron chi connectivity index (χ1n) is 8.74. The van der Waals surface area contributed by atoms with Crippen molar-refractivity contribution in [3.8, 4) is 23.0 Å². The van der Waals surface area contributed by atoms with Crippen molar-refractivity contribution in [3.05, 3.63) is 54.4 Å². The second kappa shape index (κ2) is 9.26. The van der Waals surface area contributed by atoms with Crippen LogP contribution in [-0.2, 0) is 0 Å². The summed E-state index contributed by atoms with van der Waals surface area (Å²) in [7, 11) is 5.83. The summed E-state index contributed by atoms with van der Waals surface area (Å²) in [4.78, 5) is 26.9. The van der Waals surface area contributed by atoms with Crippen molar-refractivity contribution in [3.63, 3.8) is 0 Å². The number of ether oxygens (including phenoxy) is 4. The number of carbonyl (C=O) groups excluding carboxylic acids is 2. The van der Waals surface area contributed by atoms with Gasteiger partial charge in [-0.2, -0.15) is 0 Å². The largest absolute Gasteiger partial charge is 0.496 e. The minimum atomic E-state index is -1.07. The molecule has 0 aromatic heterocycles. The monoisotopic (exact) mass is 385 g/mol. The lowest BCUT2D eigenvalue weighted by Gasteiger charge is -2.22. The SMILES string of the molecule is [CH2]C(C)C(C(=O)c1c(OC)cccc1OC)C(=O)c1c(OC)cccc1OC. The van der Waals surface area contributed by atoms with Crippen LogP contribution in [0.2, 0.25) is 0 Å². The number of methoxy groups -OCH3 is 4. The molecular weight excluding hydrogens is 360 g/mol. The van der Waals surface area contributed by atoms with Crippen molar-refractivity contribution in [2.75, 3.05) is 28.4 Å². The van der Waals surface area contributed by atoms with Crippen molar-refractivity contribution in [1.82, 2.24) is 0 Å². The summed E-state index contributed by atoms with van der Waals surface area (Å²) in [5.74, 6) is -1.15. The highest BCUT2D eigenvalue weighted by molar-refractivity contribution is 6.19. The Kier molecular flexibility index (Phi) is 7.04. The van der Waals surface area contributed by atoms with Crippen LogP contribution in [-0.4, -0.2) is 40.0 Å². The van der Waals surface area contributed by atoms with Gasteiger partial charge in [0.05, 0.1) is 34.4 Å². The number of hydrogen-bond donors (Lipinski definition) is 0. The molecule has 0 N–H and O–H groups in total. The fraction of sp³-hybridized carbons (Fsp3) is 0.318. The van der Waals surface area contributed by atoms with Gasteiger partial charge >= 0.3 is 0 Å². The lowest BCUT2D eigenvalue weighted by molar-refractivity contribution is 0.0770. The average Bonchev–Trinajstić information content (AvgIpc) is 2.71. The summed E-state index contributed by atoms with van der Waals surface area (Å²) < 4.78 is 21.3. The van der Waals surface area contributed by atoms with E-state index in [0.717, 1.165) is 0 Å². The first-order valence-corrected chi connectivity index (χ1v) is 8.74. The summed E-state index contributed by atoms with van der Waals surface area (Å²) in [5, 5.41) is 0. The molecule has 2 rings (SSSR count). The number of carbonyl (C=O) groups is 2. The highest BCUT2D eigenvalue weighted by atomic mass is 16.5. The molecule has 0 bridgehead atoms. The molecule has 0 fully saturated rings. The number of benzene rings is 2. The third-order valence-corrected chi connectivity index (χ3v) is 4.48. The van der Waals surface area contributed by atoms with Crippen LogP contribution in [0.3, 0.4) is 0 Å². The zero-order valence-electron chi connectivity index (χ0n) is 16.8. The van der Waals surface area contributed by atoms with E-state index in [1.54, 1.807) is 43.3 Å². The molecule has 0 aliphatic heterocycles. The standard InChI is InChI=1S/C22H25O6/c1-13(2)18(21(23)19-14(25-3)9-7-10-15(19)26-4)22(24)20-16(27-5)11-8-12-17(20)28-6/h7-13,18H,1H2,2-6H3. The molecule has 28 heavy (non-hydrogen) atoms. The Labute approximate surface area is 165 Å². The van der Waals surface area contributed by atoms with E-state index >= 15 is 0 Å². The number of ketones is 2. The first-order chi connectivity index (χ1) is 13.4. The van der Waals surface area contributed by atoms with Crippen LogP contribution >= 0.6 is 0 Å². The molecule has 0 spiro atoms. The van der Waals surface area contributed by atoms with Crippen molar-refractivity contribution in [2.45, 2.75) is 6.92 Å². The van der Waals surface area contributed by atoms with Crippen molar-refractivity contribution in [1.29, 1.82) is 0 Å². The maximum absolute atomic E-state index is 13.5. The van der Waals surface area contributed by atoms with Crippen LogP contribution in [0.5, 0.6) is 23.0 Å². The second-order valence-corrected chi connectivity index (χ2v) is 6.26. The van der Waals surface area contributed by atoms with Crippen LogP contribution < -0.4 is 18.9 Å². The highest BCUT2D eigenvalue weighted by Gasteiger charge is 2.37. The number of hydrogen-bond acceptors (Lipinski definition) is 6. The van der Waals surface area contributed by atoms with E-state index < -0.39 is 23.4 Å². The summed E-state index contributed by atoms with van der Waals surface area (Å²) in [6, 6.07) is 10.0. The maximum Gasteiger partial charge on any atom is 0.181 e. The molecule has 1 atom stereocenters. The normalized spacial score (nSPS) is 10.7. The Morgan fingerprint density at radius 2 is 1.00 bits per heavy atom. The van der Waals surface area contributed by atoms with Gasteiger partial charge in [0.25, 0.3) is 0 Å². The minimum Gasteiger partial charge on any atom is -0.496 e. The number of rotatable bonds is 9. The summed E-state index contributed by atoms with van der Waals surface area (Å²) in [5.41, 5.74) is 0.408. The molecule has 2 aromatic carbocycles. The lowest BCUT2D eigenvalue weighted by atomic mass is 9.81. The second-order valence-electron chi connectivity index (χ2n) is 6.26. The van der Waals surface area contributed by atoms with E-state index in [1.807, 2.05) is 0 Å². The van der Waals surface area contributed by atoms with Crippen molar-refractivity contribution >= 4 is 11.6 Å². The summed E-state index contributed by atoms with van der Waals surface area (Å²) >= 11 is 0. The minimum absolute atomic E-state index is 0.204. The van der Waals surface area contributed by atoms with Gasteiger partial charge in [-0.25, -0.2) is 0 Å². The Bertz CT molecular complexity index is 744. The van der Waals surface area contributed by atoms with Crippen LogP contribution in [0.15, 0.2) is 36.4 Å². The quantitative estimate of drug-likeness (QED) is 0.482. The fourth-order valence-electron chi connectivity index (χ4n) is 3.14. The zero-order chi connectivity index (χ0) is 20.8. The molecule has 1 unspecified atom stereocenters. The van der Waals surface area contributed by atoms with Gasteiger partial charge in [0.2, 0.25) is 0 Å². The Morgan fingerprint density at radius 3 is 1.21 bits per heavy atom. The molecule has 0 saturated heterocycles. The maximum atomic E-state index is 13.5. The average molecular weight is 385 g/mol. The van der Waals surface area contributed by atoms with Gasteiger partial charge in [0.1, 0.15) is 34.1 Å². The van der Waals surface area contributed by atoms with E-state index in [4.69, 9.17) is 18.9 Å². The van der Waals surface area contributed by atoms with E-state index in [-0.39, 0.29) is 11.1 Å². The molecule has 2 aromatic rings. The molecule has 0 saturated carbocycles. The zero-order valence-corrected chi connectivity index (χ0v) is 16.8. The van der Waals surface area contributed by atoms with Gasteiger partial charge in [0, 0.05) is 0 Å². The lowest BCUT2D eigenvalue weighted by Crippen LogP contribution is -2.30. The van der Waals surface area contributed by atoms with Crippen LogP contribution in [0.4, 0.5) is 0 Å². The third kappa shape index (κ3) is 3.96. The summed E-state index contributed by atoms with van der Waals surface area (Å²) in [6.45, 7) is 5.66. The van der Waals surface area contributed by atoms with Gasteiger partial charge < -0.3 is 18.9 Å². The van der Waals surface area contributed by atoms with Gasteiger partial charge in [0.15, 0.2) is 11.6 Å². The van der Waals surface area contributed by atoms with Crippen LogP contribution in [0.1, 0.15) is 27.6 Å². The predicted molar refractivity (Wildman–Crippen MR) is 106 cm³/mol. The number of Topliss-reactive ketones (excluding diaryl/α,β-unsaturated/α-hetero) is 2. The van der Waals surface area contributed by atoms with E-state index in [9.17, 15) is 9.59 Å². The molecule has 0 heterocycles. The van der Waals surface area contributed by atoms with E-state index in [1.165, 1.54) is 28.4 Å². The third-order valence-electron chi connectivity index (χ3n) is 4.48. The first kappa shape index (κ1) is 21.3. The molecule has 149 valence electrons. The molecule has 1 radical (unpaired) electrons. The van der Waals surface area contributed by atoms with Crippen LogP contribution in [0.25, 0.3) is 0 Å². The molecular formula is C22H25O6. The van der Waals surface area contributed by atoms with E-state index in [0.29, 0.717) is 23.0 Å². The molecule has 0 aliphatic rings. The molecule has 6 nitrogen and oxygen atoms in total. The predicted octanol–water partition coefficient (Wildman–Crippen LogP) is 3.87. The Hall–Kier alpha value is -3.02. The van der Waals surface area contributed by atoms with Gasteiger partial charge in [-0.1, -0.05) is 19.1 Å². The topological polar surface area (TPSA) is 71.1 Å². The van der Waals surface area contributed by atoms with Crippen molar-refractivity contribution in [2.24, 2.45) is 11.8 Å². The molecule has 6 heteroatoms. The highest BCUT2D eigenvalue weighted by Crippen LogP contribution is 2.37. The molecule has 0 aliphatic carbocycles. The van der Waals surface area contributed by atoms with E-state index in [2.05, 4.69) is 6.92 Å². The fourth-order valence-corrected chi connectivity index (χ4v) is 3.14.